The van der Waals surface area contributed by atoms with Gasteiger partial charge in [-0.2, -0.15) is 5.10 Å². The van der Waals surface area contributed by atoms with E-state index in [2.05, 4.69) is 21.0 Å². The lowest BCUT2D eigenvalue weighted by atomic mass is 10.0. The Morgan fingerprint density at radius 2 is 1.67 bits per heavy atom. The number of esters is 2. The van der Waals surface area contributed by atoms with Gasteiger partial charge in [0.25, 0.3) is 0 Å². The normalized spacial score (nSPS) is 10.5. The third-order valence-corrected chi connectivity index (χ3v) is 4.69. The van der Waals surface area contributed by atoms with E-state index in [9.17, 15) is 9.59 Å². The van der Waals surface area contributed by atoms with E-state index >= 15 is 0 Å². The van der Waals surface area contributed by atoms with Crippen LogP contribution < -0.4 is 0 Å². The van der Waals surface area contributed by atoms with Crippen LogP contribution in [0.15, 0.2) is 53.0 Å². The van der Waals surface area contributed by atoms with Crippen LogP contribution in [0.2, 0.25) is 0 Å². The number of aromatic nitrogens is 2. The predicted octanol–water partition coefficient (Wildman–Crippen LogP) is 4.18. The van der Waals surface area contributed by atoms with Gasteiger partial charge in [0, 0.05) is 10.0 Å². The smallest absolute Gasteiger partial charge is 0.357 e. The van der Waals surface area contributed by atoms with Crippen molar-refractivity contribution in [3.8, 4) is 16.9 Å². The lowest BCUT2D eigenvalue weighted by Gasteiger charge is -2.07. The molecule has 0 fully saturated rings. The molecule has 2 aromatic carbocycles. The first kappa shape index (κ1) is 18.8. The van der Waals surface area contributed by atoms with Gasteiger partial charge in [0.15, 0.2) is 5.69 Å². The van der Waals surface area contributed by atoms with Crippen molar-refractivity contribution in [1.29, 1.82) is 0 Å². The van der Waals surface area contributed by atoms with Gasteiger partial charge in [-0.05, 0) is 30.7 Å². The van der Waals surface area contributed by atoms with Crippen LogP contribution in [0.25, 0.3) is 16.9 Å². The van der Waals surface area contributed by atoms with E-state index in [-0.39, 0.29) is 11.3 Å². The molecule has 27 heavy (non-hydrogen) atoms. The lowest BCUT2D eigenvalue weighted by molar-refractivity contribution is 0.0549. The van der Waals surface area contributed by atoms with Gasteiger partial charge in [0.2, 0.25) is 0 Å². The standard InChI is InChI=1S/C20H17BrN2O4/c1-12-9-10-14(15(21)11-12)17-16(19(24)26-2)18(20(25)27-3)23(22-17)13-7-5-4-6-8-13/h4-11H,1-3H3. The van der Waals surface area contributed by atoms with Gasteiger partial charge in [-0.15, -0.1) is 0 Å². The molecule has 138 valence electrons. The first-order valence-corrected chi connectivity index (χ1v) is 8.88. The second-order valence-electron chi connectivity index (χ2n) is 5.79. The highest BCUT2D eigenvalue weighted by Gasteiger charge is 2.31. The van der Waals surface area contributed by atoms with Crippen molar-refractivity contribution in [2.75, 3.05) is 14.2 Å². The Morgan fingerprint density at radius 3 is 2.26 bits per heavy atom. The number of rotatable bonds is 4. The van der Waals surface area contributed by atoms with Crippen molar-refractivity contribution in [3.63, 3.8) is 0 Å². The molecule has 0 saturated heterocycles. The van der Waals surface area contributed by atoms with E-state index in [4.69, 9.17) is 9.47 Å². The maximum Gasteiger partial charge on any atom is 0.357 e. The molecule has 0 radical (unpaired) electrons. The SMILES string of the molecule is COC(=O)c1c(-c2ccc(C)cc2Br)nn(-c2ccccc2)c1C(=O)OC. The Hall–Kier alpha value is -2.93. The largest absolute Gasteiger partial charge is 0.465 e. The number of halogens is 1. The summed E-state index contributed by atoms with van der Waals surface area (Å²) in [5, 5.41) is 4.56. The number of methoxy groups -OCH3 is 2. The van der Waals surface area contributed by atoms with Crippen molar-refractivity contribution in [2.45, 2.75) is 6.92 Å². The van der Waals surface area contributed by atoms with Gasteiger partial charge in [-0.3, -0.25) is 0 Å². The maximum absolute atomic E-state index is 12.6. The third-order valence-electron chi connectivity index (χ3n) is 4.03. The molecule has 1 heterocycles. The number of hydrogen-bond acceptors (Lipinski definition) is 5. The Labute approximate surface area is 164 Å². The average molecular weight is 429 g/mol. The fourth-order valence-corrected chi connectivity index (χ4v) is 3.44. The van der Waals surface area contributed by atoms with Crippen LogP contribution in [0.4, 0.5) is 0 Å². The Balaban J connectivity index is 2.38. The Bertz CT molecular complexity index is 1010. The van der Waals surface area contributed by atoms with E-state index in [1.807, 2.05) is 43.3 Å². The van der Waals surface area contributed by atoms with E-state index in [1.54, 1.807) is 12.1 Å². The van der Waals surface area contributed by atoms with E-state index in [0.29, 0.717) is 16.9 Å². The number of para-hydroxylation sites is 1. The molecule has 7 heteroatoms. The van der Waals surface area contributed by atoms with Gasteiger partial charge >= 0.3 is 11.9 Å². The van der Waals surface area contributed by atoms with Gasteiger partial charge in [-0.1, -0.05) is 46.3 Å². The highest BCUT2D eigenvalue weighted by Crippen LogP contribution is 2.34. The molecule has 3 rings (SSSR count). The minimum atomic E-state index is -0.679. The summed E-state index contributed by atoms with van der Waals surface area (Å²) in [6.45, 7) is 1.96. The second-order valence-corrected chi connectivity index (χ2v) is 6.64. The molecule has 0 aliphatic rings. The number of hydrogen-bond donors (Lipinski definition) is 0. The van der Waals surface area contributed by atoms with E-state index in [1.165, 1.54) is 18.9 Å². The molecule has 0 aliphatic carbocycles. The van der Waals surface area contributed by atoms with Crippen LogP contribution in [-0.4, -0.2) is 35.9 Å². The highest BCUT2D eigenvalue weighted by atomic mass is 79.9. The number of nitrogens with zero attached hydrogens (tertiary/aromatic N) is 2. The molecule has 3 aromatic rings. The number of ether oxygens (including phenoxy) is 2. The Kier molecular flexibility index (Phi) is 5.41. The molecule has 0 spiro atoms. The van der Waals surface area contributed by atoms with E-state index < -0.39 is 11.9 Å². The van der Waals surface area contributed by atoms with Crippen LogP contribution in [-0.2, 0) is 9.47 Å². The monoisotopic (exact) mass is 428 g/mol. The fraction of sp³-hybridized carbons (Fsp3) is 0.150. The highest BCUT2D eigenvalue weighted by molar-refractivity contribution is 9.10. The Morgan fingerprint density at radius 1 is 1.00 bits per heavy atom. The van der Waals surface area contributed by atoms with Crippen molar-refractivity contribution in [3.05, 3.63) is 69.8 Å². The summed E-state index contributed by atoms with van der Waals surface area (Å²) < 4.78 is 12.0. The first-order chi connectivity index (χ1) is 13.0. The molecular weight excluding hydrogens is 412 g/mol. The van der Waals surface area contributed by atoms with Crippen molar-refractivity contribution in [2.24, 2.45) is 0 Å². The summed E-state index contributed by atoms with van der Waals surface area (Å²) in [6.07, 6.45) is 0. The van der Waals surface area contributed by atoms with Crippen LogP contribution in [0.1, 0.15) is 26.4 Å². The van der Waals surface area contributed by atoms with Gasteiger partial charge in [0.1, 0.15) is 11.3 Å². The second kappa shape index (κ2) is 7.75. The molecule has 0 unspecified atom stereocenters. The number of carbonyl (C=O) groups excluding carboxylic acids is 2. The van der Waals surface area contributed by atoms with Gasteiger partial charge < -0.3 is 9.47 Å². The molecule has 1 aromatic heterocycles. The molecule has 0 atom stereocenters. The minimum Gasteiger partial charge on any atom is -0.465 e. The van der Waals surface area contributed by atoms with Crippen LogP contribution in [0.3, 0.4) is 0 Å². The average Bonchev–Trinajstić information content (AvgIpc) is 3.07. The van der Waals surface area contributed by atoms with Crippen LogP contribution in [0, 0.1) is 6.92 Å². The van der Waals surface area contributed by atoms with Crippen LogP contribution in [0.5, 0.6) is 0 Å². The minimum absolute atomic E-state index is 0.0121. The molecule has 0 bridgehead atoms. The van der Waals surface area contributed by atoms with Crippen molar-refractivity contribution >= 4 is 27.9 Å². The molecule has 0 amide bonds. The van der Waals surface area contributed by atoms with E-state index in [0.717, 1.165) is 10.0 Å². The summed E-state index contributed by atoms with van der Waals surface area (Å²) in [7, 11) is 2.52. The van der Waals surface area contributed by atoms with Crippen molar-refractivity contribution in [1.82, 2.24) is 9.78 Å². The summed E-state index contributed by atoms with van der Waals surface area (Å²) in [4.78, 5) is 25.1. The maximum atomic E-state index is 12.6. The number of aryl methyl sites for hydroxylation is 1. The topological polar surface area (TPSA) is 70.4 Å². The third kappa shape index (κ3) is 3.50. The number of carbonyl (C=O) groups is 2. The number of benzene rings is 2. The molecule has 6 nitrogen and oxygen atoms in total. The fourth-order valence-electron chi connectivity index (χ4n) is 2.76. The summed E-state index contributed by atoms with van der Waals surface area (Å²) in [6, 6.07) is 14.7. The molecular formula is C20H17BrN2O4. The summed E-state index contributed by atoms with van der Waals surface area (Å²) >= 11 is 3.52. The zero-order chi connectivity index (χ0) is 19.6. The first-order valence-electron chi connectivity index (χ1n) is 8.09. The van der Waals surface area contributed by atoms with Crippen molar-refractivity contribution < 1.29 is 19.1 Å². The summed E-state index contributed by atoms with van der Waals surface area (Å²) in [5.74, 6) is -1.35. The molecule has 0 N–H and O–H groups in total. The van der Waals surface area contributed by atoms with Gasteiger partial charge in [-0.25, -0.2) is 14.3 Å². The quantitative estimate of drug-likeness (QED) is 0.582. The zero-order valence-electron chi connectivity index (χ0n) is 15.0. The lowest BCUT2D eigenvalue weighted by Crippen LogP contribution is -2.15. The summed E-state index contributed by atoms with van der Waals surface area (Å²) in [5.41, 5.74) is 2.73. The zero-order valence-corrected chi connectivity index (χ0v) is 16.6. The predicted molar refractivity (Wildman–Crippen MR) is 104 cm³/mol. The van der Waals surface area contributed by atoms with Gasteiger partial charge in [0.05, 0.1) is 19.9 Å². The molecule has 0 aliphatic heterocycles. The molecule has 0 saturated carbocycles. The van der Waals surface area contributed by atoms with Crippen LogP contribution >= 0.6 is 15.9 Å².